The second-order valence-corrected chi connectivity index (χ2v) is 4.42. The quantitative estimate of drug-likeness (QED) is 0.788. The Balaban J connectivity index is 2.74. The van der Waals surface area contributed by atoms with Crippen molar-refractivity contribution >= 4 is 11.6 Å². The van der Waals surface area contributed by atoms with Crippen LogP contribution in [0.1, 0.15) is 17.0 Å². The minimum absolute atomic E-state index is 0.409. The van der Waals surface area contributed by atoms with Gasteiger partial charge in [0.25, 0.3) is 0 Å². The highest BCUT2D eigenvalue weighted by atomic mass is 35.5. The molecule has 0 saturated carbocycles. The molecule has 0 atom stereocenters. The Bertz CT molecular complexity index is 677. The summed E-state index contributed by atoms with van der Waals surface area (Å²) < 4.78 is 5.32. The third-order valence-corrected chi connectivity index (χ3v) is 3.15. The van der Waals surface area contributed by atoms with Gasteiger partial charge in [0.05, 0.1) is 24.4 Å². The molecule has 1 aromatic carbocycles. The molecule has 0 N–H and O–H groups in total. The molecule has 0 bridgehead atoms. The van der Waals surface area contributed by atoms with E-state index >= 15 is 0 Å². The van der Waals surface area contributed by atoms with Crippen LogP contribution in [0.5, 0.6) is 5.75 Å². The maximum Gasteiger partial charge on any atom is 0.136 e. The van der Waals surface area contributed by atoms with E-state index in [0.717, 1.165) is 11.1 Å². The van der Waals surface area contributed by atoms with Crippen LogP contribution in [0.25, 0.3) is 11.3 Å². The number of benzene rings is 1. The summed E-state index contributed by atoms with van der Waals surface area (Å²) in [4.78, 5) is 8.51. The van der Waals surface area contributed by atoms with Crippen LogP contribution in [-0.4, -0.2) is 17.1 Å². The molecule has 96 valence electrons. The van der Waals surface area contributed by atoms with Crippen molar-refractivity contribution in [2.75, 3.05) is 7.11 Å². The van der Waals surface area contributed by atoms with E-state index in [1.165, 1.54) is 0 Å². The van der Waals surface area contributed by atoms with Gasteiger partial charge in [0.1, 0.15) is 16.7 Å². The minimum atomic E-state index is 0.409. The first-order chi connectivity index (χ1) is 9.06. The largest absolute Gasteiger partial charge is 0.496 e. The van der Waals surface area contributed by atoms with Crippen molar-refractivity contribution in [1.29, 1.82) is 5.26 Å². The molecule has 0 aliphatic heterocycles. The normalized spacial score (nSPS) is 10.1. The fraction of sp³-hybridized carbons (Fsp3) is 0.214. The van der Waals surface area contributed by atoms with Crippen molar-refractivity contribution in [3.05, 3.63) is 40.3 Å². The summed E-state index contributed by atoms with van der Waals surface area (Å²) in [7, 11) is 1.58. The predicted octanol–water partition coefficient (Wildman–Crippen LogP) is 3.29. The van der Waals surface area contributed by atoms with Crippen molar-refractivity contribution in [2.45, 2.75) is 13.8 Å². The monoisotopic (exact) mass is 273 g/mol. The van der Waals surface area contributed by atoms with Gasteiger partial charge in [-0.05, 0) is 32.0 Å². The summed E-state index contributed by atoms with van der Waals surface area (Å²) in [6, 6.07) is 7.30. The van der Waals surface area contributed by atoms with Gasteiger partial charge in [-0.25, -0.2) is 9.97 Å². The van der Waals surface area contributed by atoms with E-state index in [4.69, 9.17) is 21.6 Å². The zero-order valence-electron chi connectivity index (χ0n) is 10.9. The van der Waals surface area contributed by atoms with Gasteiger partial charge in [-0.1, -0.05) is 11.6 Å². The molecule has 0 aliphatic carbocycles. The van der Waals surface area contributed by atoms with Crippen LogP contribution in [0.4, 0.5) is 0 Å². The standard InChI is InChI=1S/C14H12ClN3O/c1-8-13(17-9(2)18-14(8)15)11-6-10(7-16)4-5-12(11)19-3/h4-6H,1-3H3. The van der Waals surface area contributed by atoms with E-state index in [0.29, 0.717) is 28.0 Å². The Labute approximate surface area is 116 Å². The average molecular weight is 274 g/mol. The highest BCUT2D eigenvalue weighted by molar-refractivity contribution is 6.30. The number of hydrogen-bond donors (Lipinski definition) is 0. The minimum Gasteiger partial charge on any atom is -0.496 e. The molecule has 0 saturated heterocycles. The molecular formula is C14H12ClN3O. The summed E-state index contributed by atoms with van der Waals surface area (Å²) in [5.41, 5.74) is 2.74. The van der Waals surface area contributed by atoms with E-state index in [2.05, 4.69) is 16.0 Å². The maximum atomic E-state index is 9.00. The molecule has 0 aliphatic rings. The molecule has 0 unspecified atom stereocenters. The van der Waals surface area contributed by atoms with Gasteiger partial charge in [0.15, 0.2) is 0 Å². The number of methoxy groups -OCH3 is 1. The van der Waals surface area contributed by atoms with Crippen molar-refractivity contribution < 1.29 is 4.74 Å². The van der Waals surface area contributed by atoms with Gasteiger partial charge in [-0.2, -0.15) is 5.26 Å². The molecule has 1 heterocycles. The van der Waals surface area contributed by atoms with E-state index in [-0.39, 0.29) is 0 Å². The number of hydrogen-bond acceptors (Lipinski definition) is 4. The maximum absolute atomic E-state index is 9.00. The lowest BCUT2D eigenvalue weighted by molar-refractivity contribution is 0.416. The molecule has 4 nitrogen and oxygen atoms in total. The van der Waals surface area contributed by atoms with Gasteiger partial charge in [-0.3, -0.25) is 0 Å². The fourth-order valence-corrected chi connectivity index (χ4v) is 2.03. The highest BCUT2D eigenvalue weighted by Gasteiger charge is 2.14. The van der Waals surface area contributed by atoms with Crippen molar-refractivity contribution in [3.63, 3.8) is 0 Å². The summed E-state index contributed by atoms with van der Waals surface area (Å²) >= 11 is 6.08. The molecule has 0 amide bonds. The van der Waals surface area contributed by atoms with Crippen LogP contribution in [0.2, 0.25) is 5.15 Å². The van der Waals surface area contributed by atoms with Crippen LogP contribution in [0, 0.1) is 25.2 Å². The average Bonchev–Trinajstić information content (AvgIpc) is 2.42. The molecule has 1 aromatic heterocycles. The van der Waals surface area contributed by atoms with E-state index in [1.807, 2.05) is 6.92 Å². The molecule has 19 heavy (non-hydrogen) atoms. The number of aromatic nitrogens is 2. The third kappa shape index (κ3) is 2.51. The van der Waals surface area contributed by atoms with E-state index in [1.54, 1.807) is 32.2 Å². The molecule has 5 heteroatoms. The number of nitrogens with zero attached hydrogens (tertiary/aromatic N) is 3. The Morgan fingerprint density at radius 3 is 2.63 bits per heavy atom. The van der Waals surface area contributed by atoms with Crippen LogP contribution in [0.3, 0.4) is 0 Å². The van der Waals surface area contributed by atoms with Crippen molar-refractivity contribution in [2.24, 2.45) is 0 Å². The van der Waals surface area contributed by atoms with Crippen LogP contribution >= 0.6 is 11.6 Å². The lowest BCUT2D eigenvalue weighted by Gasteiger charge is -2.12. The first-order valence-corrected chi connectivity index (χ1v) is 6.04. The zero-order chi connectivity index (χ0) is 14.0. The van der Waals surface area contributed by atoms with Gasteiger partial charge in [-0.15, -0.1) is 0 Å². The zero-order valence-corrected chi connectivity index (χ0v) is 11.6. The Morgan fingerprint density at radius 1 is 1.26 bits per heavy atom. The molecule has 0 spiro atoms. The summed E-state index contributed by atoms with van der Waals surface area (Å²) in [6.07, 6.45) is 0. The molecule has 0 radical (unpaired) electrons. The molecular weight excluding hydrogens is 262 g/mol. The van der Waals surface area contributed by atoms with Gasteiger partial charge in [0.2, 0.25) is 0 Å². The van der Waals surface area contributed by atoms with Gasteiger partial charge >= 0.3 is 0 Å². The lowest BCUT2D eigenvalue weighted by atomic mass is 10.0. The summed E-state index contributed by atoms with van der Waals surface area (Å²) in [6.45, 7) is 3.62. The Kier molecular flexibility index (Phi) is 3.68. The van der Waals surface area contributed by atoms with E-state index in [9.17, 15) is 0 Å². The number of nitriles is 1. The topological polar surface area (TPSA) is 58.8 Å². The lowest BCUT2D eigenvalue weighted by Crippen LogP contribution is -1.98. The van der Waals surface area contributed by atoms with Crippen molar-refractivity contribution in [1.82, 2.24) is 9.97 Å². The van der Waals surface area contributed by atoms with Gasteiger partial charge in [0, 0.05) is 11.1 Å². The smallest absolute Gasteiger partial charge is 0.136 e. The second-order valence-electron chi connectivity index (χ2n) is 4.06. The van der Waals surface area contributed by atoms with E-state index < -0.39 is 0 Å². The van der Waals surface area contributed by atoms with Gasteiger partial charge < -0.3 is 4.74 Å². The fourth-order valence-electron chi connectivity index (χ4n) is 1.82. The number of halogens is 1. The number of aryl methyl sites for hydroxylation is 1. The Hall–Kier alpha value is -2.12. The first kappa shape index (κ1) is 13.3. The third-order valence-electron chi connectivity index (χ3n) is 2.78. The summed E-state index contributed by atoms with van der Waals surface area (Å²) in [5.74, 6) is 1.23. The summed E-state index contributed by atoms with van der Waals surface area (Å²) in [5, 5.41) is 9.41. The number of ether oxygens (including phenoxy) is 1. The van der Waals surface area contributed by atoms with Crippen molar-refractivity contribution in [3.8, 4) is 23.1 Å². The van der Waals surface area contributed by atoms with Crippen LogP contribution < -0.4 is 4.74 Å². The molecule has 2 rings (SSSR count). The Morgan fingerprint density at radius 2 is 2.00 bits per heavy atom. The predicted molar refractivity (Wildman–Crippen MR) is 73.2 cm³/mol. The SMILES string of the molecule is COc1ccc(C#N)cc1-c1nc(C)nc(Cl)c1C. The first-order valence-electron chi connectivity index (χ1n) is 5.66. The molecule has 2 aromatic rings. The molecule has 0 fully saturated rings. The number of rotatable bonds is 2. The second kappa shape index (κ2) is 5.25. The highest BCUT2D eigenvalue weighted by Crippen LogP contribution is 2.33. The van der Waals surface area contributed by atoms with Crippen LogP contribution in [0.15, 0.2) is 18.2 Å². The van der Waals surface area contributed by atoms with Crippen LogP contribution in [-0.2, 0) is 0 Å².